The minimum absolute atomic E-state index is 0.00739. The van der Waals surface area contributed by atoms with Crippen molar-refractivity contribution in [1.82, 2.24) is 5.32 Å². The van der Waals surface area contributed by atoms with Gasteiger partial charge in [0.15, 0.2) is 18.1 Å². The van der Waals surface area contributed by atoms with Crippen molar-refractivity contribution in [3.8, 4) is 17.2 Å². The second kappa shape index (κ2) is 9.13. The van der Waals surface area contributed by atoms with Crippen LogP contribution in [0.25, 0.3) is 0 Å². The van der Waals surface area contributed by atoms with Crippen LogP contribution in [-0.2, 0) is 17.6 Å². The first kappa shape index (κ1) is 18.1. The monoisotopic (exact) mass is 355 g/mol. The average Bonchev–Trinajstić information content (AvgIpc) is 2.69. The SMILES string of the molecule is COc1ccccc1OCCNC(=O)COc1ccc2c(c1)CCCC2. The smallest absolute Gasteiger partial charge is 0.258 e. The van der Waals surface area contributed by atoms with E-state index in [1.807, 2.05) is 30.3 Å². The van der Waals surface area contributed by atoms with E-state index in [1.54, 1.807) is 7.11 Å². The van der Waals surface area contributed by atoms with Gasteiger partial charge >= 0.3 is 0 Å². The van der Waals surface area contributed by atoms with E-state index in [9.17, 15) is 4.79 Å². The van der Waals surface area contributed by atoms with Crippen LogP contribution in [0.2, 0.25) is 0 Å². The Morgan fingerprint density at radius 1 is 1.00 bits per heavy atom. The molecule has 138 valence electrons. The fourth-order valence-corrected chi connectivity index (χ4v) is 3.09. The standard InChI is InChI=1S/C21H25NO4/c1-24-19-8-4-5-9-20(19)25-13-12-22-21(23)15-26-18-11-10-16-6-2-3-7-17(16)14-18/h4-5,8-11,14H,2-3,6-7,12-13,15H2,1H3,(H,22,23). The Kier molecular flexibility index (Phi) is 6.36. The summed E-state index contributed by atoms with van der Waals surface area (Å²) < 4.78 is 16.5. The van der Waals surface area contributed by atoms with Crippen LogP contribution in [0.1, 0.15) is 24.0 Å². The number of hydrogen-bond donors (Lipinski definition) is 1. The Labute approximate surface area is 154 Å². The lowest BCUT2D eigenvalue weighted by Crippen LogP contribution is -2.32. The molecule has 0 radical (unpaired) electrons. The number of carbonyl (C=O) groups excluding carboxylic acids is 1. The largest absolute Gasteiger partial charge is 0.493 e. The van der Waals surface area contributed by atoms with Gasteiger partial charge in [-0.25, -0.2) is 0 Å². The summed E-state index contributed by atoms with van der Waals surface area (Å²) in [7, 11) is 1.60. The lowest BCUT2D eigenvalue weighted by molar-refractivity contribution is -0.123. The summed E-state index contributed by atoms with van der Waals surface area (Å²) in [5.41, 5.74) is 2.75. The lowest BCUT2D eigenvalue weighted by Gasteiger charge is -2.16. The predicted octanol–water partition coefficient (Wildman–Crippen LogP) is 3.15. The fraction of sp³-hybridized carbons (Fsp3) is 0.381. The van der Waals surface area contributed by atoms with Crippen molar-refractivity contribution in [2.45, 2.75) is 25.7 Å². The number of rotatable bonds is 8. The molecule has 0 fully saturated rings. The van der Waals surface area contributed by atoms with Crippen molar-refractivity contribution in [3.63, 3.8) is 0 Å². The molecule has 2 aromatic carbocycles. The number of nitrogens with one attached hydrogen (secondary N) is 1. The zero-order valence-corrected chi connectivity index (χ0v) is 15.1. The summed E-state index contributed by atoms with van der Waals surface area (Å²) in [5, 5.41) is 2.79. The maximum absolute atomic E-state index is 11.9. The molecule has 3 rings (SSSR count). The first-order valence-electron chi connectivity index (χ1n) is 9.03. The van der Waals surface area contributed by atoms with Crippen molar-refractivity contribution in [2.24, 2.45) is 0 Å². The minimum atomic E-state index is -0.161. The molecule has 0 bridgehead atoms. The molecular formula is C21H25NO4. The Bertz CT molecular complexity index is 745. The number of amides is 1. The summed E-state index contributed by atoms with van der Waals surface area (Å²) in [6, 6.07) is 13.5. The highest BCUT2D eigenvalue weighted by molar-refractivity contribution is 5.77. The first-order chi connectivity index (χ1) is 12.8. The van der Waals surface area contributed by atoms with Crippen molar-refractivity contribution < 1.29 is 19.0 Å². The van der Waals surface area contributed by atoms with Crippen LogP contribution < -0.4 is 19.5 Å². The molecule has 0 heterocycles. The number of ether oxygens (including phenoxy) is 3. The average molecular weight is 355 g/mol. The van der Waals surface area contributed by atoms with Gasteiger partial charge in [0.05, 0.1) is 13.7 Å². The molecule has 0 saturated heterocycles. The van der Waals surface area contributed by atoms with Crippen LogP contribution in [0.15, 0.2) is 42.5 Å². The first-order valence-corrected chi connectivity index (χ1v) is 9.03. The number of benzene rings is 2. The second-order valence-corrected chi connectivity index (χ2v) is 6.28. The van der Waals surface area contributed by atoms with Gasteiger partial charge in [-0.2, -0.15) is 0 Å². The highest BCUT2D eigenvalue weighted by atomic mass is 16.5. The van der Waals surface area contributed by atoms with Gasteiger partial charge in [0, 0.05) is 0 Å². The molecule has 1 amide bonds. The Morgan fingerprint density at radius 3 is 2.58 bits per heavy atom. The summed E-state index contributed by atoms with van der Waals surface area (Å²) in [5.74, 6) is 1.93. The van der Waals surface area contributed by atoms with Crippen LogP contribution >= 0.6 is 0 Å². The van der Waals surface area contributed by atoms with Crippen LogP contribution in [0.3, 0.4) is 0 Å². The third kappa shape index (κ3) is 4.91. The molecule has 0 spiro atoms. The molecule has 0 unspecified atom stereocenters. The van der Waals surface area contributed by atoms with Gasteiger partial charge in [-0.1, -0.05) is 18.2 Å². The summed E-state index contributed by atoms with van der Waals surface area (Å²) in [6.45, 7) is 0.781. The number of para-hydroxylation sites is 2. The normalized spacial score (nSPS) is 12.8. The van der Waals surface area contributed by atoms with Gasteiger partial charge < -0.3 is 19.5 Å². The van der Waals surface area contributed by atoms with Crippen molar-refractivity contribution in [3.05, 3.63) is 53.6 Å². The fourth-order valence-electron chi connectivity index (χ4n) is 3.09. The predicted molar refractivity (Wildman–Crippen MR) is 100 cm³/mol. The van der Waals surface area contributed by atoms with E-state index in [0.717, 1.165) is 18.6 Å². The van der Waals surface area contributed by atoms with E-state index in [2.05, 4.69) is 17.4 Å². The van der Waals surface area contributed by atoms with Gasteiger partial charge in [-0.05, 0) is 61.1 Å². The molecule has 1 aliphatic carbocycles. The van der Waals surface area contributed by atoms with Gasteiger partial charge in [0.2, 0.25) is 0 Å². The Balaban J connectivity index is 1.38. The molecule has 1 N–H and O–H groups in total. The topological polar surface area (TPSA) is 56.8 Å². The minimum Gasteiger partial charge on any atom is -0.493 e. The summed E-state index contributed by atoms with van der Waals surface area (Å²) in [6.07, 6.45) is 4.72. The Hall–Kier alpha value is -2.69. The van der Waals surface area contributed by atoms with E-state index in [-0.39, 0.29) is 12.5 Å². The molecule has 0 aliphatic heterocycles. The van der Waals surface area contributed by atoms with Crippen molar-refractivity contribution in [1.29, 1.82) is 0 Å². The lowest BCUT2D eigenvalue weighted by atomic mass is 9.92. The highest BCUT2D eigenvalue weighted by Crippen LogP contribution is 2.26. The van der Waals surface area contributed by atoms with E-state index >= 15 is 0 Å². The van der Waals surface area contributed by atoms with Crippen LogP contribution in [0, 0.1) is 0 Å². The molecular weight excluding hydrogens is 330 g/mol. The van der Waals surface area contributed by atoms with Crippen LogP contribution in [0.5, 0.6) is 17.2 Å². The number of hydrogen-bond acceptors (Lipinski definition) is 4. The molecule has 5 heteroatoms. The second-order valence-electron chi connectivity index (χ2n) is 6.28. The number of aryl methyl sites for hydroxylation is 2. The molecule has 0 aromatic heterocycles. The third-order valence-electron chi connectivity index (χ3n) is 4.44. The van der Waals surface area contributed by atoms with E-state index < -0.39 is 0 Å². The molecule has 0 atom stereocenters. The Morgan fingerprint density at radius 2 is 1.77 bits per heavy atom. The quantitative estimate of drug-likeness (QED) is 0.739. The zero-order chi connectivity index (χ0) is 18.2. The number of fused-ring (bicyclic) bond motifs is 1. The van der Waals surface area contributed by atoms with Gasteiger partial charge in [0.25, 0.3) is 5.91 Å². The van der Waals surface area contributed by atoms with Gasteiger partial charge in [-0.3, -0.25) is 4.79 Å². The number of methoxy groups -OCH3 is 1. The molecule has 5 nitrogen and oxygen atoms in total. The molecule has 1 aliphatic rings. The summed E-state index contributed by atoms with van der Waals surface area (Å²) in [4.78, 5) is 11.9. The van der Waals surface area contributed by atoms with Crippen LogP contribution in [-0.4, -0.2) is 32.8 Å². The highest BCUT2D eigenvalue weighted by Gasteiger charge is 2.10. The van der Waals surface area contributed by atoms with Crippen molar-refractivity contribution >= 4 is 5.91 Å². The van der Waals surface area contributed by atoms with Crippen LogP contribution in [0.4, 0.5) is 0 Å². The van der Waals surface area contributed by atoms with E-state index in [0.29, 0.717) is 24.7 Å². The zero-order valence-electron chi connectivity index (χ0n) is 15.1. The maximum Gasteiger partial charge on any atom is 0.258 e. The van der Waals surface area contributed by atoms with E-state index in [1.165, 1.54) is 24.0 Å². The molecule has 0 saturated carbocycles. The molecule has 2 aromatic rings. The summed E-state index contributed by atoms with van der Waals surface area (Å²) >= 11 is 0. The number of carbonyl (C=O) groups is 1. The molecule has 26 heavy (non-hydrogen) atoms. The van der Waals surface area contributed by atoms with Gasteiger partial charge in [0.1, 0.15) is 12.4 Å². The van der Waals surface area contributed by atoms with E-state index in [4.69, 9.17) is 14.2 Å². The maximum atomic E-state index is 11.9. The van der Waals surface area contributed by atoms with Crippen molar-refractivity contribution in [2.75, 3.05) is 26.9 Å². The third-order valence-corrected chi connectivity index (χ3v) is 4.44. The van der Waals surface area contributed by atoms with Gasteiger partial charge in [-0.15, -0.1) is 0 Å².